The number of nitrogens with two attached hydrogens (primary N) is 1. The molecule has 0 bridgehead atoms. The average Bonchev–Trinajstić information content (AvgIpc) is 1.84. The number of hydrogen-bond acceptors (Lipinski definition) is 4. The van der Waals surface area contributed by atoms with Crippen molar-refractivity contribution in [3.63, 3.8) is 0 Å². The molecule has 0 aromatic rings. The highest BCUT2D eigenvalue weighted by Crippen LogP contribution is 1.91. The SMILES string of the molecule is CC(N=O)C(N)CO. The summed E-state index contributed by atoms with van der Waals surface area (Å²) in [6, 6.07) is -0.993. The van der Waals surface area contributed by atoms with Gasteiger partial charge >= 0.3 is 0 Å². The lowest BCUT2D eigenvalue weighted by Crippen LogP contribution is -2.34. The second-order valence-corrected chi connectivity index (χ2v) is 1.69. The van der Waals surface area contributed by atoms with E-state index in [9.17, 15) is 4.91 Å². The molecular formula is C4H10N2O2. The summed E-state index contributed by atoms with van der Waals surface area (Å²) in [6.45, 7) is 1.38. The van der Waals surface area contributed by atoms with E-state index in [0.29, 0.717) is 0 Å². The zero-order valence-electron chi connectivity index (χ0n) is 4.74. The van der Waals surface area contributed by atoms with E-state index in [4.69, 9.17) is 10.8 Å². The van der Waals surface area contributed by atoms with Gasteiger partial charge in [0.1, 0.15) is 6.04 Å². The summed E-state index contributed by atoms with van der Waals surface area (Å²) in [5, 5.41) is 10.9. The monoisotopic (exact) mass is 118 g/mol. The Morgan fingerprint density at radius 2 is 2.38 bits per heavy atom. The number of rotatable bonds is 3. The fraction of sp³-hybridized carbons (Fsp3) is 1.00. The first-order chi connectivity index (χ1) is 3.72. The zero-order chi connectivity index (χ0) is 6.57. The van der Waals surface area contributed by atoms with Gasteiger partial charge in [-0.3, -0.25) is 0 Å². The van der Waals surface area contributed by atoms with Gasteiger partial charge in [0, 0.05) is 0 Å². The van der Waals surface area contributed by atoms with Crippen molar-refractivity contribution in [2.24, 2.45) is 10.9 Å². The van der Waals surface area contributed by atoms with Crippen LogP contribution in [0.5, 0.6) is 0 Å². The van der Waals surface area contributed by atoms with E-state index in [1.165, 1.54) is 0 Å². The smallest absolute Gasteiger partial charge is 0.106 e. The van der Waals surface area contributed by atoms with Crippen LogP contribution < -0.4 is 5.73 Å². The fourth-order valence-corrected chi connectivity index (χ4v) is 0.231. The lowest BCUT2D eigenvalue weighted by atomic mass is 10.2. The van der Waals surface area contributed by atoms with Crippen LogP contribution in [-0.4, -0.2) is 23.8 Å². The van der Waals surface area contributed by atoms with Crippen LogP contribution in [0.15, 0.2) is 5.18 Å². The fourth-order valence-electron chi connectivity index (χ4n) is 0.231. The molecule has 2 unspecified atom stereocenters. The third-order valence-electron chi connectivity index (χ3n) is 0.997. The molecular weight excluding hydrogens is 108 g/mol. The molecule has 0 saturated heterocycles. The molecule has 3 N–H and O–H groups in total. The van der Waals surface area contributed by atoms with Crippen molar-refractivity contribution in [2.45, 2.75) is 19.0 Å². The zero-order valence-corrected chi connectivity index (χ0v) is 4.74. The topological polar surface area (TPSA) is 75.7 Å². The lowest BCUT2D eigenvalue weighted by Gasteiger charge is -2.07. The Morgan fingerprint density at radius 3 is 2.50 bits per heavy atom. The number of aliphatic hydroxyl groups is 1. The van der Waals surface area contributed by atoms with Crippen molar-refractivity contribution in [3.8, 4) is 0 Å². The summed E-state index contributed by atoms with van der Waals surface area (Å²) in [7, 11) is 0. The van der Waals surface area contributed by atoms with Crippen molar-refractivity contribution in [1.82, 2.24) is 0 Å². The van der Waals surface area contributed by atoms with E-state index in [-0.39, 0.29) is 6.61 Å². The van der Waals surface area contributed by atoms with E-state index in [2.05, 4.69) is 5.18 Å². The molecule has 0 amide bonds. The first-order valence-electron chi connectivity index (χ1n) is 2.41. The van der Waals surface area contributed by atoms with Crippen molar-refractivity contribution in [1.29, 1.82) is 0 Å². The second-order valence-electron chi connectivity index (χ2n) is 1.69. The van der Waals surface area contributed by atoms with Gasteiger partial charge in [0.2, 0.25) is 0 Å². The summed E-state index contributed by atoms with van der Waals surface area (Å²) >= 11 is 0. The van der Waals surface area contributed by atoms with E-state index in [1.807, 2.05) is 0 Å². The maximum absolute atomic E-state index is 9.66. The van der Waals surface area contributed by atoms with Crippen molar-refractivity contribution in [3.05, 3.63) is 4.91 Å². The Kier molecular flexibility index (Phi) is 3.30. The minimum atomic E-state index is -0.507. The first kappa shape index (κ1) is 7.52. The Balaban J connectivity index is 3.44. The summed E-state index contributed by atoms with van der Waals surface area (Å²) in [6.07, 6.45) is 0. The van der Waals surface area contributed by atoms with Gasteiger partial charge in [-0.25, -0.2) is 0 Å². The molecule has 0 saturated carbocycles. The molecule has 0 heterocycles. The molecule has 0 radical (unpaired) electrons. The van der Waals surface area contributed by atoms with Crippen LogP contribution in [0.3, 0.4) is 0 Å². The van der Waals surface area contributed by atoms with Crippen molar-refractivity contribution < 1.29 is 5.11 Å². The Morgan fingerprint density at radius 1 is 1.88 bits per heavy atom. The van der Waals surface area contributed by atoms with Crippen LogP contribution in [-0.2, 0) is 0 Å². The third kappa shape index (κ3) is 1.99. The van der Waals surface area contributed by atoms with Gasteiger partial charge in [-0.05, 0) is 6.92 Å². The molecule has 2 atom stereocenters. The maximum atomic E-state index is 9.66. The van der Waals surface area contributed by atoms with Crippen molar-refractivity contribution >= 4 is 0 Å². The van der Waals surface area contributed by atoms with Gasteiger partial charge in [-0.1, -0.05) is 5.18 Å². The van der Waals surface area contributed by atoms with E-state index < -0.39 is 12.1 Å². The molecule has 4 heteroatoms. The van der Waals surface area contributed by atoms with Crippen LogP contribution in [0.4, 0.5) is 0 Å². The van der Waals surface area contributed by atoms with Crippen molar-refractivity contribution in [2.75, 3.05) is 6.61 Å². The molecule has 0 aliphatic heterocycles. The number of aliphatic hydroxyl groups excluding tert-OH is 1. The highest BCUT2D eigenvalue weighted by Gasteiger charge is 2.09. The van der Waals surface area contributed by atoms with E-state index >= 15 is 0 Å². The van der Waals surface area contributed by atoms with Crippen LogP contribution >= 0.6 is 0 Å². The van der Waals surface area contributed by atoms with Gasteiger partial charge in [0.25, 0.3) is 0 Å². The number of nitroso groups, excluding NO2 is 1. The van der Waals surface area contributed by atoms with Crippen LogP contribution in [0, 0.1) is 4.91 Å². The van der Waals surface area contributed by atoms with Gasteiger partial charge in [-0.15, -0.1) is 0 Å². The largest absolute Gasteiger partial charge is 0.395 e. The van der Waals surface area contributed by atoms with Gasteiger partial charge in [0.15, 0.2) is 0 Å². The van der Waals surface area contributed by atoms with Gasteiger partial charge in [-0.2, -0.15) is 4.91 Å². The summed E-state index contributed by atoms with van der Waals surface area (Å²) in [5.41, 5.74) is 5.18. The molecule has 0 spiro atoms. The normalized spacial score (nSPS) is 17.4. The molecule has 4 nitrogen and oxygen atoms in total. The van der Waals surface area contributed by atoms with Crippen LogP contribution in [0.1, 0.15) is 6.92 Å². The van der Waals surface area contributed by atoms with E-state index in [1.54, 1.807) is 6.92 Å². The minimum absolute atomic E-state index is 0.188. The first-order valence-corrected chi connectivity index (χ1v) is 2.41. The average molecular weight is 118 g/mol. The standard InChI is InChI=1S/C4H10N2O2/c1-3(6-8)4(5)2-7/h3-4,7H,2,5H2,1H3. The summed E-state index contributed by atoms with van der Waals surface area (Å²) in [5.74, 6) is 0. The molecule has 0 aromatic carbocycles. The second kappa shape index (κ2) is 3.51. The molecule has 8 heavy (non-hydrogen) atoms. The Bertz CT molecular complexity index is 76.4. The molecule has 0 rings (SSSR count). The summed E-state index contributed by atoms with van der Waals surface area (Å²) < 4.78 is 0. The van der Waals surface area contributed by atoms with Gasteiger partial charge < -0.3 is 10.8 Å². The summed E-state index contributed by atoms with van der Waals surface area (Å²) in [4.78, 5) is 9.66. The highest BCUT2D eigenvalue weighted by atomic mass is 16.3. The van der Waals surface area contributed by atoms with Crippen LogP contribution in [0.2, 0.25) is 0 Å². The minimum Gasteiger partial charge on any atom is -0.395 e. The highest BCUT2D eigenvalue weighted by molar-refractivity contribution is 4.72. The van der Waals surface area contributed by atoms with E-state index in [0.717, 1.165) is 0 Å². The number of hydrogen-bond donors (Lipinski definition) is 2. The Hall–Kier alpha value is -0.480. The predicted molar refractivity (Wildman–Crippen MR) is 30.3 cm³/mol. The number of nitrogens with zero attached hydrogens (tertiary/aromatic N) is 1. The van der Waals surface area contributed by atoms with Gasteiger partial charge in [0.05, 0.1) is 12.6 Å². The predicted octanol–water partition coefficient (Wildman–Crippen LogP) is -0.539. The maximum Gasteiger partial charge on any atom is 0.106 e. The molecule has 0 aliphatic carbocycles. The van der Waals surface area contributed by atoms with Crippen LogP contribution in [0.25, 0.3) is 0 Å². The quantitative estimate of drug-likeness (QED) is 0.489. The molecule has 0 aromatic heterocycles. The molecule has 48 valence electrons. The lowest BCUT2D eigenvalue weighted by molar-refractivity contribution is 0.253. The third-order valence-corrected chi connectivity index (χ3v) is 0.997. The molecule has 0 aliphatic rings. The Labute approximate surface area is 47.7 Å². The molecule has 0 fully saturated rings.